The van der Waals surface area contributed by atoms with E-state index < -0.39 is 5.97 Å². The van der Waals surface area contributed by atoms with E-state index in [2.05, 4.69) is 9.98 Å². The monoisotopic (exact) mass is 242 g/mol. The zero-order valence-electron chi connectivity index (χ0n) is 9.32. The van der Waals surface area contributed by atoms with Crippen LogP contribution >= 0.6 is 0 Å². The Morgan fingerprint density at radius 3 is 2.78 bits per heavy atom. The Morgan fingerprint density at radius 1 is 1.28 bits per heavy atom. The van der Waals surface area contributed by atoms with Gasteiger partial charge in [0.15, 0.2) is 0 Å². The second-order valence-corrected chi connectivity index (χ2v) is 3.52. The van der Waals surface area contributed by atoms with Gasteiger partial charge in [0.25, 0.3) is 0 Å². The number of hydrogen-bond donors (Lipinski definition) is 2. The highest BCUT2D eigenvalue weighted by atomic mass is 16.4. The maximum atomic E-state index is 10.8. The van der Waals surface area contributed by atoms with E-state index >= 15 is 0 Å². The zero-order chi connectivity index (χ0) is 13.0. The average Bonchev–Trinajstić information content (AvgIpc) is 2.38. The SMILES string of the molecule is O=C(O)c1cc(N=Cc2ccccn2)ccc1O. The van der Waals surface area contributed by atoms with E-state index in [4.69, 9.17) is 5.11 Å². The quantitative estimate of drug-likeness (QED) is 0.808. The van der Waals surface area contributed by atoms with Crippen LogP contribution in [0.3, 0.4) is 0 Å². The summed E-state index contributed by atoms with van der Waals surface area (Å²) >= 11 is 0. The third-order valence-corrected chi connectivity index (χ3v) is 2.24. The lowest BCUT2D eigenvalue weighted by atomic mass is 10.2. The summed E-state index contributed by atoms with van der Waals surface area (Å²) in [4.78, 5) is 19.0. The molecule has 0 atom stereocenters. The fraction of sp³-hybridized carbons (Fsp3) is 0. The lowest BCUT2D eigenvalue weighted by Gasteiger charge is -2.00. The van der Waals surface area contributed by atoms with Crippen molar-refractivity contribution in [1.82, 2.24) is 4.98 Å². The standard InChI is InChI=1S/C13H10N2O3/c16-12-5-4-9(7-11(12)13(17)18)15-8-10-3-1-2-6-14-10/h1-8,16H,(H,17,18). The molecule has 0 fully saturated rings. The summed E-state index contributed by atoms with van der Waals surface area (Å²) in [5.41, 5.74) is 0.934. The number of aromatic carboxylic acids is 1. The number of aromatic nitrogens is 1. The molecule has 2 N–H and O–H groups in total. The van der Waals surface area contributed by atoms with Crippen molar-refractivity contribution >= 4 is 17.9 Å². The van der Waals surface area contributed by atoms with Crippen LogP contribution in [-0.2, 0) is 0 Å². The topological polar surface area (TPSA) is 82.8 Å². The minimum atomic E-state index is -1.19. The van der Waals surface area contributed by atoms with Crippen LogP contribution in [-0.4, -0.2) is 27.4 Å². The van der Waals surface area contributed by atoms with Gasteiger partial charge in [-0.2, -0.15) is 0 Å². The average molecular weight is 242 g/mol. The Balaban J connectivity index is 2.28. The number of carbonyl (C=O) groups is 1. The summed E-state index contributed by atoms with van der Waals surface area (Å²) in [6.45, 7) is 0. The molecule has 0 spiro atoms. The molecule has 0 saturated carbocycles. The molecule has 1 aromatic heterocycles. The summed E-state index contributed by atoms with van der Waals surface area (Å²) in [5.74, 6) is -1.47. The van der Waals surface area contributed by atoms with Crippen LogP contribution in [0.15, 0.2) is 47.6 Å². The number of rotatable bonds is 3. The summed E-state index contributed by atoms with van der Waals surface area (Å²) in [7, 11) is 0. The number of aliphatic imine (C=N–C) groups is 1. The molecule has 0 unspecified atom stereocenters. The molecule has 2 aromatic rings. The Hall–Kier alpha value is -2.69. The van der Waals surface area contributed by atoms with E-state index in [0.29, 0.717) is 11.4 Å². The molecule has 1 aromatic carbocycles. The van der Waals surface area contributed by atoms with E-state index in [1.165, 1.54) is 24.4 Å². The van der Waals surface area contributed by atoms with Crippen LogP contribution in [0.25, 0.3) is 0 Å². The highest BCUT2D eigenvalue weighted by Gasteiger charge is 2.09. The molecule has 0 saturated heterocycles. The fourth-order valence-electron chi connectivity index (χ4n) is 1.37. The van der Waals surface area contributed by atoms with Crippen molar-refractivity contribution in [2.45, 2.75) is 0 Å². The molecule has 1 heterocycles. The third kappa shape index (κ3) is 2.70. The Kier molecular flexibility index (Phi) is 3.33. The van der Waals surface area contributed by atoms with Crippen LogP contribution in [0.1, 0.15) is 16.1 Å². The summed E-state index contributed by atoms with van der Waals surface area (Å²) in [5, 5.41) is 18.2. The van der Waals surface area contributed by atoms with E-state index in [1.54, 1.807) is 18.3 Å². The predicted octanol–water partition coefficient (Wildman–Crippen LogP) is 2.24. The first-order valence-electron chi connectivity index (χ1n) is 5.18. The molecule has 18 heavy (non-hydrogen) atoms. The van der Waals surface area contributed by atoms with Crippen LogP contribution < -0.4 is 0 Å². The van der Waals surface area contributed by atoms with Gasteiger partial charge in [-0.1, -0.05) is 6.07 Å². The number of nitrogens with zero attached hydrogens (tertiary/aromatic N) is 2. The largest absolute Gasteiger partial charge is 0.507 e. The Labute approximate surface area is 103 Å². The lowest BCUT2D eigenvalue weighted by Crippen LogP contribution is -1.95. The molecule has 0 aliphatic heterocycles. The first kappa shape index (κ1) is 11.8. The van der Waals surface area contributed by atoms with Gasteiger partial charge in [-0.15, -0.1) is 0 Å². The normalized spacial score (nSPS) is 10.7. The van der Waals surface area contributed by atoms with Crippen molar-refractivity contribution in [3.8, 4) is 5.75 Å². The van der Waals surface area contributed by atoms with Crippen LogP contribution in [0.5, 0.6) is 5.75 Å². The molecular weight excluding hydrogens is 232 g/mol. The summed E-state index contributed by atoms with van der Waals surface area (Å²) in [6, 6.07) is 9.53. The van der Waals surface area contributed by atoms with Crippen LogP contribution in [0.4, 0.5) is 5.69 Å². The van der Waals surface area contributed by atoms with E-state index in [1.807, 2.05) is 6.07 Å². The minimum Gasteiger partial charge on any atom is -0.507 e. The van der Waals surface area contributed by atoms with E-state index in [-0.39, 0.29) is 11.3 Å². The zero-order valence-corrected chi connectivity index (χ0v) is 9.32. The Bertz CT molecular complexity index is 594. The van der Waals surface area contributed by atoms with Crippen molar-refractivity contribution in [3.05, 3.63) is 53.9 Å². The van der Waals surface area contributed by atoms with Gasteiger partial charge in [0, 0.05) is 6.20 Å². The molecule has 0 radical (unpaired) electrons. The minimum absolute atomic E-state index is 0.175. The van der Waals surface area contributed by atoms with Gasteiger partial charge in [-0.25, -0.2) is 4.79 Å². The number of carboxylic acids is 1. The maximum Gasteiger partial charge on any atom is 0.339 e. The van der Waals surface area contributed by atoms with Crippen molar-refractivity contribution in [1.29, 1.82) is 0 Å². The van der Waals surface area contributed by atoms with Gasteiger partial charge >= 0.3 is 5.97 Å². The second kappa shape index (κ2) is 5.09. The van der Waals surface area contributed by atoms with Crippen LogP contribution in [0.2, 0.25) is 0 Å². The highest BCUT2D eigenvalue weighted by Crippen LogP contribution is 2.23. The van der Waals surface area contributed by atoms with E-state index in [0.717, 1.165) is 0 Å². The first-order valence-corrected chi connectivity index (χ1v) is 5.18. The number of pyridine rings is 1. The molecule has 90 valence electrons. The third-order valence-electron chi connectivity index (χ3n) is 2.24. The molecule has 0 aliphatic carbocycles. The van der Waals surface area contributed by atoms with Gasteiger partial charge in [0.05, 0.1) is 17.6 Å². The van der Waals surface area contributed by atoms with Gasteiger partial charge in [-0.3, -0.25) is 9.98 Å². The number of phenols is 1. The molecule has 0 aliphatic rings. The fourth-order valence-corrected chi connectivity index (χ4v) is 1.37. The molecule has 0 amide bonds. The van der Waals surface area contributed by atoms with Gasteiger partial charge in [-0.05, 0) is 30.3 Å². The molecule has 5 heteroatoms. The molecular formula is C13H10N2O3. The van der Waals surface area contributed by atoms with Crippen molar-refractivity contribution in [2.75, 3.05) is 0 Å². The summed E-state index contributed by atoms with van der Waals surface area (Å²) in [6.07, 6.45) is 3.17. The van der Waals surface area contributed by atoms with E-state index in [9.17, 15) is 9.90 Å². The smallest absolute Gasteiger partial charge is 0.339 e. The maximum absolute atomic E-state index is 10.8. The number of aromatic hydroxyl groups is 1. The van der Waals surface area contributed by atoms with Gasteiger partial charge in [0.2, 0.25) is 0 Å². The highest BCUT2D eigenvalue weighted by molar-refractivity contribution is 5.92. The number of benzene rings is 1. The van der Waals surface area contributed by atoms with Gasteiger partial charge in [0.1, 0.15) is 11.3 Å². The second-order valence-electron chi connectivity index (χ2n) is 3.52. The molecule has 0 bridgehead atoms. The number of hydrogen-bond acceptors (Lipinski definition) is 4. The van der Waals surface area contributed by atoms with Crippen molar-refractivity contribution in [2.24, 2.45) is 4.99 Å². The summed E-state index contributed by atoms with van der Waals surface area (Å²) < 4.78 is 0. The molecule has 2 rings (SSSR count). The van der Waals surface area contributed by atoms with Crippen molar-refractivity contribution < 1.29 is 15.0 Å². The van der Waals surface area contributed by atoms with Crippen molar-refractivity contribution in [3.63, 3.8) is 0 Å². The Morgan fingerprint density at radius 2 is 2.11 bits per heavy atom. The predicted molar refractivity (Wildman–Crippen MR) is 66.6 cm³/mol. The molecule has 5 nitrogen and oxygen atoms in total. The first-order chi connectivity index (χ1) is 8.66. The van der Waals surface area contributed by atoms with Gasteiger partial charge < -0.3 is 10.2 Å². The number of carboxylic acid groups (broad SMARTS) is 1. The van der Waals surface area contributed by atoms with Crippen LogP contribution in [0, 0.1) is 0 Å². The lowest BCUT2D eigenvalue weighted by molar-refractivity contribution is 0.0694.